The average Bonchev–Trinajstić information content (AvgIpc) is 2.46. The first-order valence-electron chi connectivity index (χ1n) is 7.04. The predicted octanol–water partition coefficient (Wildman–Crippen LogP) is 3.68. The summed E-state index contributed by atoms with van der Waals surface area (Å²) in [5.41, 5.74) is 11.5. The maximum atomic E-state index is 13.4. The highest BCUT2D eigenvalue weighted by Gasteiger charge is 2.20. The van der Waals surface area contributed by atoms with Crippen LogP contribution in [-0.4, -0.2) is 6.54 Å². The molecule has 2 nitrogen and oxygen atoms in total. The van der Waals surface area contributed by atoms with Crippen LogP contribution in [0.3, 0.4) is 0 Å². The molecule has 0 aliphatic carbocycles. The van der Waals surface area contributed by atoms with E-state index in [-0.39, 0.29) is 5.82 Å². The summed E-state index contributed by atoms with van der Waals surface area (Å²) < 4.78 is 13.4. The quantitative estimate of drug-likeness (QED) is 0.902. The van der Waals surface area contributed by atoms with Crippen LogP contribution in [0.15, 0.2) is 36.4 Å². The zero-order valence-electron chi connectivity index (χ0n) is 11.7. The summed E-state index contributed by atoms with van der Waals surface area (Å²) in [6.07, 6.45) is 2.21. The average molecular weight is 270 g/mol. The fourth-order valence-electron chi connectivity index (χ4n) is 2.96. The fraction of sp³-hybridized carbons (Fsp3) is 0.294. The van der Waals surface area contributed by atoms with E-state index in [0.717, 1.165) is 30.6 Å². The number of nitrogens with two attached hydrogens (primary N) is 1. The lowest BCUT2D eigenvalue weighted by atomic mass is 9.98. The molecule has 0 saturated carbocycles. The minimum absolute atomic E-state index is 0.227. The van der Waals surface area contributed by atoms with Gasteiger partial charge in [0.25, 0.3) is 0 Å². The van der Waals surface area contributed by atoms with E-state index in [9.17, 15) is 4.39 Å². The normalized spacial score (nSPS) is 14.2. The number of nitrogens with zero attached hydrogens (tertiary/aromatic N) is 1. The zero-order chi connectivity index (χ0) is 14.1. The Morgan fingerprint density at radius 1 is 1.15 bits per heavy atom. The molecule has 0 atom stereocenters. The minimum Gasteiger partial charge on any atom is -0.341 e. The van der Waals surface area contributed by atoms with Gasteiger partial charge in [0.2, 0.25) is 0 Å². The first kappa shape index (κ1) is 13.1. The number of hydrogen-bond donors (Lipinski definition) is 1. The summed E-state index contributed by atoms with van der Waals surface area (Å²) in [5.74, 6) is -0.227. The van der Waals surface area contributed by atoms with Crippen LogP contribution < -0.4 is 10.6 Å². The topological polar surface area (TPSA) is 29.3 Å². The maximum absolute atomic E-state index is 13.4. The van der Waals surface area contributed by atoms with Gasteiger partial charge in [-0.15, -0.1) is 0 Å². The van der Waals surface area contributed by atoms with E-state index in [1.807, 2.05) is 6.07 Å². The van der Waals surface area contributed by atoms with Gasteiger partial charge in [0.15, 0.2) is 0 Å². The van der Waals surface area contributed by atoms with Gasteiger partial charge in [0.1, 0.15) is 5.82 Å². The van der Waals surface area contributed by atoms with Crippen molar-refractivity contribution in [1.29, 1.82) is 0 Å². The zero-order valence-corrected chi connectivity index (χ0v) is 11.7. The van der Waals surface area contributed by atoms with Gasteiger partial charge in [-0.05, 0) is 55.2 Å². The molecule has 0 unspecified atom stereocenters. The van der Waals surface area contributed by atoms with E-state index in [2.05, 4.69) is 30.0 Å². The van der Waals surface area contributed by atoms with E-state index in [4.69, 9.17) is 5.73 Å². The second-order valence-electron chi connectivity index (χ2n) is 5.36. The first-order chi connectivity index (χ1) is 9.69. The van der Waals surface area contributed by atoms with Crippen LogP contribution in [-0.2, 0) is 13.0 Å². The molecular weight excluding hydrogens is 251 g/mol. The van der Waals surface area contributed by atoms with Crippen LogP contribution in [0.1, 0.15) is 23.1 Å². The van der Waals surface area contributed by atoms with E-state index >= 15 is 0 Å². The number of aryl methyl sites for hydroxylation is 2. The molecule has 1 heterocycles. The summed E-state index contributed by atoms with van der Waals surface area (Å²) in [7, 11) is 0. The lowest BCUT2D eigenvalue weighted by Crippen LogP contribution is -2.26. The third kappa shape index (κ3) is 2.29. The van der Waals surface area contributed by atoms with Crippen molar-refractivity contribution in [3.63, 3.8) is 0 Å². The fourth-order valence-corrected chi connectivity index (χ4v) is 2.96. The standard InChI is InChI=1S/C17H19FN2/c1-12-4-6-16-13(9-12)3-2-8-20(16)17-7-5-15(18)10-14(17)11-19/h4-7,9-10H,2-3,8,11,19H2,1H3. The molecule has 104 valence electrons. The van der Waals surface area contributed by atoms with Gasteiger partial charge in [-0.1, -0.05) is 17.7 Å². The summed E-state index contributed by atoms with van der Waals surface area (Å²) in [6.45, 7) is 3.42. The molecule has 3 rings (SSSR count). The van der Waals surface area contributed by atoms with Crippen molar-refractivity contribution in [2.75, 3.05) is 11.4 Å². The third-order valence-corrected chi connectivity index (χ3v) is 3.91. The number of benzene rings is 2. The van der Waals surface area contributed by atoms with Crippen LogP contribution in [0.4, 0.5) is 15.8 Å². The van der Waals surface area contributed by atoms with Crippen LogP contribution in [0.25, 0.3) is 0 Å². The van der Waals surface area contributed by atoms with Crippen molar-refractivity contribution < 1.29 is 4.39 Å². The van der Waals surface area contributed by atoms with Gasteiger partial charge in [-0.2, -0.15) is 0 Å². The monoisotopic (exact) mass is 270 g/mol. The summed E-state index contributed by atoms with van der Waals surface area (Å²) in [6, 6.07) is 11.4. The molecule has 0 radical (unpaired) electrons. The number of fused-ring (bicyclic) bond motifs is 1. The van der Waals surface area contributed by atoms with Crippen molar-refractivity contribution in [3.8, 4) is 0 Å². The summed E-state index contributed by atoms with van der Waals surface area (Å²) >= 11 is 0. The Morgan fingerprint density at radius 2 is 1.95 bits per heavy atom. The van der Waals surface area contributed by atoms with Crippen LogP contribution in [0.5, 0.6) is 0 Å². The van der Waals surface area contributed by atoms with Crippen molar-refractivity contribution >= 4 is 11.4 Å². The number of anilines is 2. The van der Waals surface area contributed by atoms with Crippen LogP contribution in [0, 0.1) is 12.7 Å². The van der Waals surface area contributed by atoms with Crippen LogP contribution in [0.2, 0.25) is 0 Å². The van der Waals surface area contributed by atoms with Crippen molar-refractivity contribution in [2.24, 2.45) is 5.73 Å². The molecule has 0 aromatic heterocycles. The van der Waals surface area contributed by atoms with E-state index in [1.54, 1.807) is 0 Å². The molecule has 0 bridgehead atoms. The Hall–Kier alpha value is -1.87. The number of halogens is 1. The van der Waals surface area contributed by atoms with Gasteiger partial charge >= 0.3 is 0 Å². The molecule has 1 aliphatic rings. The number of rotatable bonds is 2. The molecule has 1 aliphatic heterocycles. The second kappa shape index (κ2) is 5.25. The molecule has 20 heavy (non-hydrogen) atoms. The lowest BCUT2D eigenvalue weighted by Gasteiger charge is -2.33. The summed E-state index contributed by atoms with van der Waals surface area (Å²) in [4.78, 5) is 2.26. The largest absolute Gasteiger partial charge is 0.341 e. The van der Waals surface area contributed by atoms with Crippen LogP contribution >= 0.6 is 0 Å². The van der Waals surface area contributed by atoms with Gasteiger partial charge in [0, 0.05) is 24.5 Å². The molecule has 2 aromatic carbocycles. The highest BCUT2D eigenvalue weighted by atomic mass is 19.1. The SMILES string of the molecule is Cc1ccc2c(c1)CCCN2c1ccc(F)cc1CN. The number of hydrogen-bond acceptors (Lipinski definition) is 2. The Balaban J connectivity index is 2.09. The highest BCUT2D eigenvalue weighted by Crippen LogP contribution is 2.35. The lowest BCUT2D eigenvalue weighted by molar-refractivity contribution is 0.625. The molecule has 0 saturated heterocycles. The second-order valence-corrected chi connectivity index (χ2v) is 5.36. The molecular formula is C17H19FN2. The van der Waals surface area contributed by atoms with Gasteiger partial charge in [-0.25, -0.2) is 4.39 Å². The predicted molar refractivity (Wildman–Crippen MR) is 80.8 cm³/mol. The van der Waals surface area contributed by atoms with Gasteiger partial charge < -0.3 is 10.6 Å². The van der Waals surface area contributed by atoms with E-state index in [0.29, 0.717) is 6.54 Å². The molecule has 0 spiro atoms. The van der Waals surface area contributed by atoms with Crippen molar-refractivity contribution in [1.82, 2.24) is 0 Å². The third-order valence-electron chi connectivity index (χ3n) is 3.91. The summed E-state index contributed by atoms with van der Waals surface area (Å²) in [5, 5.41) is 0. The van der Waals surface area contributed by atoms with E-state index < -0.39 is 0 Å². The Kier molecular flexibility index (Phi) is 3.45. The highest BCUT2D eigenvalue weighted by molar-refractivity contribution is 5.70. The van der Waals surface area contributed by atoms with Gasteiger partial charge in [-0.3, -0.25) is 0 Å². The van der Waals surface area contributed by atoms with Gasteiger partial charge in [0.05, 0.1) is 0 Å². The molecule has 2 N–H and O–H groups in total. The van der Waals surface area contributed by atoms with Crippen molar-refractivity contribution in [2.45, 2.75) is 26.3 Å². The smallest absolute Gasteiger partial charge is 0.123 e. The Morgan fingerprint density at radius 3 is 2.75 bits per heavy atom. The Labute approximate surface area is 119 Å². The Bertz CT molecular complexity index is 637. The molecule has 0 fully saturated rings. The first-order valence-corrected chi connectivity index (χ1v) is 7.04. The maximum Gasteiger partial charge on any atom is 0.123 e. The van der Waals surface area contributed by atoms with E-state index in [1.165, 1.54) is 28.9 Å². The molecule has 0 amide bonds. The van der Waals surface area contributed by atoms with Crippen molar-refractivity contribution in [3.05, 3.63) is 58.9 Å². The molecule has 3 heteroatoms. The minimum atomic E-state index is -0.227. The molecule has 2 aromatic rings.